The van der Waals surface area contributed by atoms with E-state index in [9.17, 15) is 15.0 Å². The predicted molar refractivity (Wildman–Crippen MR) is 76.8 cm³/mol. The van der Waals surface area contributed by atoms with Gasteiger partial charge in [0, 0.05) is 23.4 Å². The molecule has 0 radical (unpaired) electrons. The van der Waals surface area contributed by atoms with Gasteiger partial charge in [-0.15, -0.1) is 0 Å². The summed E-state index contributed by atoms with van der Waals surface area (Å²) in [6.07, 6.45) is 0. The van der Waals surface area contributed by atoms with Crippen molar-refractivity contribution < 1.29 is 15.0 Å². The van der Waals surface area contributed by atoms with Crippen molar-refractivity contribution in [3.63, 3.8) is 0 Å². The van der Waals surface area contributed by atoms with E-state index in [1.807, 2.05) is 19.1 Å². The molecule has 1 atom stereocenters. The van der Waals surface area contributed by atoms with Crippen LogP contribution in [-0.4, -0.2) is 16.1 Å². The first-order valence-electron chi connectivity index (χ1n) is 6.15. The third kappa shape index (κ3) is 3.27. The van der Waals surface area contributed by atoms with Crippen molar-refractivity contribution in [2.75, 3.05) is 5.32 Å². The molecule has 1 amide bonds. The van der Waals surface area contributed by atoms with Crippen LogP contribution in [0.4, 0.5) is 5.69 Å². The number of benzene rings is 2. The van der Waals surface area contributed by atoms with Crippen LogP contribution in [0.3, 0.4) is 0 Å². The van der Waals surface area contributed by atoms with E-state index in [1.165, 1.54) is 12.1 Å². The Hall–Kier alpha value is -2.53. The smallest absolute Gasteiger partial charge is 0.255 e. The number of phenols is 2. The molecule has 2 aromatic carbocycles. The SMILES string of the molecule is CC(N)c1ccc(NC(=O)c2cc(O)cc(O)c2)cc1. The highest BCUT2D eigenvalue weighted by Gasteiger charge is 2.09. The van der Waals surface area contributed by atoms with Crippen LogP contribution in [0.15, 0.2) is 42.5 Å². The lowest BCUT2D eigenvalue weighted by Gasteiger charge is -2.09. The van der Waals surface area contributed by atoms with Crippen LogP contribution < -0.4 is 11.1 Å². The molecule has 2 aromatic rings. The molecule has 0 aliphatic rings. The number of carbonyl (C=O) groups excluding carboxylic acids is 1. The third-order valence-electron chi connectivity index (χ3n) is 2.86. The molecule has 20 heavy (non-hydrogen) atoms. The van der Waals surface area contributed by atoms with Gasteiger partial charge in [-0.3, -0.25) is 4.79 Å². The number of anilines is 1. The van der Waals surface area contributed by atoms with Gasteiger partial charge in [0.1, 0.15) is 11.5 Å². The van der Waals surface area contributed by atoms with Gasteiger partial charge in [0.15, 0.2) is 0 Å². The molecule has 0 heterocycles. The molecule has 104 valence electrons. The van der Waals surface area contributed by atoms with E-state index in [1.54, 1.807) is 12.1 Å². The number of nitrogens with one attached hydrogen (secondary N) is 1. The molecule has 0 saturated carbocycles. The minimum Gasteiger partial charge on any atom is -0.508 e. The summed E-state index contributed by atoms with van der Waals surface area (Å²) in [7, 11) is 0. The molecule has 1 unspecified atom stereocenters. The molecule has 0 bridgehead atoms. The molecule has 0 saturated heterocycles. The van der Waals surface area contributed by atoms with E-state index in [2.05, 4.69) is 5.32 Å². The average Bonchev–Trinajstić information content (AvgIpc) is 2.38. The third-order valence-corrected chi connectivity index (χ3v) is 2.86. The topological polar surface area (TPSA) is 95.6 Å². The number of phenolic OH excluding ortho intramolecular Hbond substituents is 2. The van der Waals surface area contributed by atoms with Gasteiger partial charge >= 0.3 is 0 Å². The first kappa shape index (κ1) is 13.9. The number of aromatic hydroxyl groups is 2. The molecule has 0 aromatic heterocycles. The Labute approximate surface area is 116 Å². The quantitative estimate of drug-likeness (QED) is 0.689. The van der Waals surface area contributed by atoms with Gasteiger partial charge < -0.3 is 21.3 Å². The summed E-state index contributed by atoms with van der Waals surface area (Å²) < 4.78 is 0. The van der Waals surface area contributed by atoms with Crippen LogP contribution in [0.2, 0.25) is 0 Å². The summed E-state index contributed by atoms with van der Waals surface area (Å²) in [4.78, 5) is 12.0. The lowest BCUT2D eigenvalue weighted by molar-refractivity contribution is 0.102. The molecular weight excluding hydrogens is 256 g/mol. The zero-order valence-electron chi connectivity index (χ0n) is 11.0. The molecule has 0 aliphatic heterocycles. The maximum Gasteiger partial charge on any atom is 0.255 e. The molecular formula is C15H16N2O3. The van der Waals surface area contributed by atoms with Crippen molar-refractivity contribution in [3.05, 3.63) is 53.6 Å². The Bertz CT molecular complexity index is 601. The number of hydrogen-bond acceptors (Lipinski definition) is 4. The van der Waals surface area contributed by atoms with E-state index in [0.717, 1.165) is 11.6 Å². The normalized spacial score (nSPS) is 11.9. The number of nitrogens with two attached hydrogens (primary N) is 1. The van der Waals surface area contributed by atoms with Crippen LogP contribution in [0.25, 0.3) is 0 Å². The molecule has 5 N–H and O–H groups in total. The monoisotopic (exact) mass is 272 g/mol. The zero-order chi connectivity index (χ0) is 14.7. The summed E-state index contributed by atoms with van der Waals surface area (Å²) >= 11 is 0. The number of hydrogen-bond donors (Lipinski definition) is 4. The van der Waals surface area contributed by atoms with Crippen molar-refractivity contribution in [2.24, 2.45) is 5.73 Å². The number of carbonyl (C=O) groups is 1. The Kier molecular flexibility index (Phi) is 3.91. The van der Waals surface area contributed by atoms with E-state index >= 15 is 0 Å². The largest absolute Gasteiger partial charge is 0.508 e. The van der Waals surface area contributed by atoms with Crippen LogP contribution in [0.5, 0.6) is 11.5 Å². The van der Waals surface area contributed by atoms with Crippen molar-refractivity contribution >= 4 is 11.6 Å². The lowest BCUT2D eigenvalue weighted by atomic mass is 10.1. The van der Waals surface area contributed by atoms with Gasteiger partial charge in [-0.05, 0) is 36.8 Å². The van der Waals surface area contributed by atoms with Crippen molar-refractivity contribution in [1.82, 2.24) is 0 Å². The Morgan fingerprint density at radius 3 is 2.15 bits per heavy atom. The average molecular weight is 272 g/mol. The van der Waals surface area contributed by atoms with E-state index in [4.69, 9.17) is 5.73 Å². The maximum atomic E-state index is 12.0. The van der Waals surface area contributed by atoms with Crippen molar-refractivity contribution in [2.45, 2.75) is 13.0 Å². The van der Waals surface area contributed by atoms with Gasteiger partial charge in [0.25, 0.3) is 5.91 Å². The first-order chi connectivity index (χ1) is 9.45. The minimum absolute atomic E-state index is 0.0669. The van der Waals surface area contributed by atoms with Crippen LogP contribution >= 0.6 is 0 Å². The van der Waals surface area contributed by atoms with E-state index in [0.29, 0.717) is 5.69 Å². The standard InChI is InChI=1S/C15H16N2O3/c1-9(16)10-2-4-12(5-3-10)17-15(20)11-6-13(18)8-14(19)7-11/h2-9,18-19H,16H2,1H3,(H,17,20). The highest BCUT2D eigenvalue weighted by Crippen LogP contribution is 2.21. The Morgan fingerprint density at radius 2 is 1.65 bits per heavy atom. The second kappa shape index (κ2) is 5.63. The molecule has 5 heteroatoms. The highest BCUT2D eigenvalue weighted by atomic mass is 16.3. The van der Waals surface area contributed by atoms with Gasteiger partial charge in [-0.2, -0.15) is 0 Å². The van der Waals surface area contributed by atoms with E-state index < -0.39 is 5.91 Å². The maximum absolute atomic E-state index is 12.0. The van der Waals surface area contributed by atoms with Crippen molar-refractivity contribution in [1.29, 1.82) is 0 Å². The molecule has 0 spiro atoms. The van der Waals surface area contributed by atoms with Crippen LogP contribution in [0.1, 0.15) is 28.9 Å². The number of rotatable bonds is 3. The van der Waals surface area contributed by atoms with Crippen LogP contribution in [0, 0.1) is 0 Å². The molecule has 5 nitrogen and oxygen atoms in total. The molecule has 2 rings (SSSR count). The second-order valence-electron chi connectivity index (χ2n) is 4.60. The molecule has 0 fully saturated rings. The fourth-order valence-corrected chi connectivity index (χ4v) is 1.80. The Balaban J connectivity index is 2.14. The minimum atomic E-state index is -0.412. The fraction of sp³-hybridized carbons (Fsp3) is 0.133. The summed E-state index contributed by atoms with van der Waals surface area (Å²) in [5, 5.41) is 21.4. The van der Waals surface area contributed by atoms with Gasteiger partial charge in [-0.25, -0.2) is 0 Å². The zero-order valence-corrected chi connectivity index (χ0v) is 11.0. The summed E-state index contributed by atoms with van der Waals surface area (Å²) in [5.41, 5.74) is 7.51. The van der Waals surface area contributed by atoms with Crippen LogP contribution in [-0.2, 0) is 0 Å². The fourth-order valence-electron chi connectivity index (χ4n) is 1.80. The highest BCUT2D eigenvalue weighted by molar-refractivity contribution is 6.04. The van der Waals surface area contributed by atoms with Crippen molar-refractivity contribution in [3.8, 4) is 11.5 Å². The van der Waals surface area contributed by atoms with Gasteiger partial charge in [0.2, 0.25) is 0 Å². The Morgan fingerprint density at radius 1 is 1.10 bits per heavy atom. The number of amides is 1. The predicted octanol–water partition coefficient (Wildman–Crippen LogP) is 2.37. The first-order valence-corrected chi connectivity index (χ1v) is 6.15. The van der Waals surface area contributed by atoms with E-state index in [-0.39, 0.29) is 23.1 Å². The summed E-state index contributed by atoms with van der Waals surface area (Å²) in [6.45, 7) is 1.88. The second-order valence-corrected chi connectivity index (χ2v) is 4.60. The van der Waals surface area contributed by atoms with Gasteiger partial charge in [0.05, 0.1) is 0 Å². The summed E-state index contributed by atoms with van der Waals surface area (Å²) in [6, 6.07) is 10.8. The molecule has 0 aliphatic carbocycles. The van der Waals surface area contributed by atoms with Gasteiger partial charge in [-0.1, -0.05) is 12.1 Å². The lowest BCUT2D eigenvalue weighted by Crippen LogP contribution is -2.12. The summed E-state index contributed by atoms with van der Waals surface area (Å²) in [5.74, 6) is -0.741.